The molecule has 1 fully saturated rings. The van der Waals surface area contributed by atoms with Crippen molar-refractivity contribution in [1.82, 2.24) is 5.32 Å². The predicted molar refractivity (Wildman–Crippen MR) is 82.5 cm³/mol. The van der Waals surface area contributed by atoms with Gasteiger partial charge in [-0.1, -0.05) is 28.1 Å². The summed E-state index contributed by atoms with van der Waals surface area (Å²) < 4.78 is 6.11. The summed E-state index contributed by atoms with van der Waals surface area (Å²) in [5.41, 5.74) is 1.15. The number of carboxylic acid groups (broad SMARTS) is 1. The van der Waals surface area contributed by atoms with E-state index in [0.29, 0.717) is 5.76 Å². The minimum Gasteiger partial charge on any atom is -0.475 e. The number of rotatable bonds is 5. The van der Waals surface area contributed by atoms with Crippen LogP contribution in [0.3, 0.4) is 0 Å². The Morgan fingerprint density at radius 1 is 1.32 bits per heavy atom. The Labute approximate surface area is 135 Å². The summed E-state index contributed by atoms with van der Waals surface area (Å²) in [5, 5.41) is 11.6. The number of furan rings is 1. The number of amides is 1. The molecule has 1 aromatic carbocycles. The van der Waals surface area contributed by atoms with Crippen LogP contribution in [0.4, 0.5) is 0 Å². The molecule has 22 heavy (non-hydrogen) atoms. The van der Waals surface area contributed by atoms with E-state index in [-0.39, 0.29) is 30.0 Å². The van der Waals surface area contributed by atoms with Crippen LogP contribution in [-0.2, 0) is 11.3 Å². The lowest BCUT2D eigenvalue weighted by Gasteiger charge is -2.03. The molecule has 1 aliphatic carbocycles. The Balaban J connectivity index is 1.54. The van der Waals surface area contributed by atoms with Crippen molar-refractivity contribution in [3.8, 4) is 0 Å². The molecule has 114 valence electrons. The number of nitrogens with one attached hydrogen (secondary N) is 1. The fraction of sp³-hybridized carbons (Fsp3) is 0.250. The number of halogens is 1. The third kappa shape index (κ3) is 3.22. The normalized spacial score (nSPS) is 19.7. The Morgan fingerprint density at radius 3 is 2.82 bits per heavy atom. The van der Waals surface area contributed by atoms with Gasteiger partial charge in [0.15, 0.2) is 0 Å². The largest absolute Gasteiger partial charge is 0.475 e. The number of benzene rings is 1. The molecule has 1 heterocycles. The zero-order chi connectivity index (χ0) is 15.7. The molecule has 0 aliphatic heterocycles. The second-order valence-corrected chi connectivity index (χ2v) is 6.21. The molecule has 1 aliphatic rings. The molecular formula is C16H14BrNO4. The first-order chi connectivity index (χ1) is 10.5. The van der Waals surface area contributed by atoms with E-state index in [2.05, 4.69) is 21.2 Å². The van der Waals surface area contributed by atoms with Gasteiger partial charge in [-0.15, -0.1) is 0 Å². The minimum absolute atomic E-state index is 0.0248. The number of carboxylic acids is 1. The maximum absolute atomic E-state index is 12.1. The Kier molecular flexibility index (Phi) is 4.02. The van der Waals surface area contributed by atoms with Gasteiger partial charge in [-0.25, -0.2) is 4.79 Å². The Bertz CT molecular complexity index is 724. The summed E-state index contributed by atoms with van der Waals surface area (Å²) >= 11 is 3.43. The van der Waals surface area contributed by atoms with Crippen LogP contribution < -0.4 is 5.32 Å². The van der Waals surface area contributed by atoms with Crippen molar-refractivity contribution in [2.24, 2.45) is 5.92 Å². The summed E-state index contributed by atoms with van der Waals surface area (Å²) in [6, 6.07) is 10.9. The number of hydrogen-bond acceptors (Lipinski definition) is 3. The highest BCUT2D eigenvalue weighted by atomic mass is 79.9. The van der Waals surface area contributed by atoms with Gasteiger partial charge >= 0.3 is 5.97 Å². The lowest BCUT2D eigenvalue weighted by atomic mass is 10.1. The molecule has 2 unspecified atom stereocenters. The van der Waals surface area contributed by atoms with Crippen molar-refractivity contribution in [2.45, 2.75) is 18.9 Å². The number of hydrogen-bond donors (Lipinski definition) is 2. The van der Waals surface area contributed by atoms with Gasteiger partial charge < -0.3 is 14.8 Å². The van der Waals surface area contributed by atoms with E-state index in [1.165, 1.54) is 6.07 Å². The van der Waals surface area contributed by atoms with Crippen molar-refractivity contribution >= 4 is 27.8 Å². The molecule has 0 bridgehead atoms. The number of aromatic carboxylic acids is 1. The van der Waals surface area contributed by atoms with E-state index in [9.17, 15) is 9.59 Å². The highest BCUT2D eigenvalue weighted by Gasteiger charge is 2.43. The zero-order valence-corrected chi connectivity index (χ0v) is 13.2. The summed E-state index contributed by atoms with van der Waals surface area (Å²) in [4.78, 5) is 22.8. The number of carbonyl (C=O) groups excluding carboxylic acids is 1. The van der Waals surface area contributed by atoms with Gasteiger partial charge in [0.1, 0.15) is 5.76 Å². The van der Waals surface area contributed by atoms with E-state index < -0.39 is 5.97 Å². The number of carbonyl (C=O) groups is 2. The molecule has 5 nitrogen and oxygen atoms in total. The topological polar surface area (TPSA) is 79.5 Å². The van der Waals surface area contributed by atoms with Crippen molar-refractivity contribution in [2.75, 3.05) is 0 Å². The van der Waals surface area contributed by atoms with Gasteiger partial charge in [0.2, 0.25) is 11.7 Å². The summed E-state index contributed by atoms with van der Waals surface area (Å²) in [6.45, 7) is 0.202. The SMILES string of the molecule is O=C(O)c1ccc(CNC(=O)C2CC2c2cccc(Br)c2)o1. The molecule has 2 atom stereocenters. The molecule has 0 spiro atoms. The summed E-state index contributed by atoms with van der Waals surface area (Å²) in [7, 11) is 0. The molecule has 0 saturated heterocycles. The van der Waals surface area contributed by atoms with E-state index in [4.69, 9.17) is 9.52 Å². The van der Waals surface area contributed by atoms with Crippen LogP contribution >= 0.6 is 15.9 Å². The van der Waals surface area contributed by atoms with Crippen LogP contribution in [0.1, 0.15) is 34.2 Å². The van der Waals surface area contributed by atoms with Gasteiger partial charge in [0.05, 0.1) is 6.54 Å². The molecule has 2 N–H and O–H groups in total. The quantitative estimate of drug-likeness (QED) is 0.854. The predicted octanol–water partition coefficient (Wildman–Crippen LogP) is 3.16. The zero-order valence-electron chi connectivity index (χ0n) is 11.6. The molecule has 3 rings (SSSR count). The standard InChI is InChI=1S/C16H14BrNO4/c17-10-3-1-2-9(6-10)12-7-13(12)15(19)18-8-11-4-5-14(22-11)16(20)21/h1-6,12-13H,7-8H2,(H,18,19)(H,20,21). The second-order valence-electron chi connectivity index (χ2n) is 5.29. The van der Waals surface area contributed by atoms with Gasteiger partial charge in [-0.05, 0) is 42.2 Å². The minimum atomic E-state index is -1.12. The average molecular weight is 364 g/mol. The van der Waals surface area contributed by atoms with Crippen molar-refractivity contribution in [3.05, 3.63) is 58.0 Å². The Hall–Kier alpha value is -2.08. The lowest BCUT2D eigenvalue weighted by molar-refractivity contribution is -0.122. The smallest absolute Gasteiger partial charge is 0.371 e. The van der Waals surface area contributed by atoms with Gasteiger partial charge in [0.25, 0.3) is 0 Å². The van der Waals surface area contributed by atoms with Crippen LogP contribution in [0.25, 0.3) is 0 Å². The first-order valence-electron chi connectivity index (χ1n) is 6.90. The molecule has 6 heteroatoms. The van der Waals surface area contributed by atoms with Crippen LogP contribution in [0, 0.1) is 5.92 Å². The van der Waals surface area contributed by atoms with Gasteiger partial charge in [0, 0.05) is 10.4 Å². The fourth-order valence-electron chi connectivity index (χ4n) is 2.48. The van der Waals surface area contributed by atoms with Crippen molar-refractivity contribution in [3.63, 3.8) is 0 Å². The highest BCUT2D eigenvalue weighted by Crippen LogP contribution is 2.47. The first-order valence-corrected chi connectivity index (χ1v) is 7.69. The van der Waals surface area contributed by atoms with E-state index in [0.717, 1.165) is 16.5 Å². The summed E-state index contributed by atoms with van der Waals surface area (Å²) in [5.74, 6) is -0.604. The maximum atomic E-state index is 12.1. The molecule has 1 saturated carbocycles. The third-order valence-corrected chi connectivity index (χ3v) is 4.21. The van der Waals surface area contributed by atoms with Crippen molar-refractivity contribution < 1.29 is 19.1 Å². The van der Waals surface area contributed by atoms with Crippen LogP contribution in [0.2, 0.25) is 0 Å². The van der Waals surface area contributed by atoms with E-state index >= 15 is 0 Å². The van der Waals surface area contributed by atoms with Gasteiger partial charge in [-0.3, -0.25) is 4.79 Å². The first kappa shape index (κ1) is 14.8. The lowest BCUT2D eigenvalue weighted by Crippen LogP contribution is -2.24. The molecule has 1 aromatic heterocycles. The molecule has 0 radical (unpaired) electrons. The second kappa shape index (κ2) is 5.96. The monoisotopic (exact) mass is 363 g/mol. The van der Waals surface area contributed by atoms with Crippen LogP contribution in [0.15, 0.2) is 45.3 Å². The molecule has 1 amide bonds. The van der Waals surface area contributed by atoms with E-state index in [1.807, 2.05) is 24.3 Å². The summed E-state index contributed by atoms with van der Waals surface area (Å²) in [6.07, 6.45) is 0.834. The fourth-order valence-corrected chi connectivity index (χ4v) is 2.90. The van der Waals surface area contributed by atoms with Crippen molar-refractivity contribution in [1.29, 1.82) is 0 Å². The van der Waals surface area contributed by atoms with E-state index in [1.54, 1.807) is 6.07 Å². The van der Waals surface area contributed by atoms with Gasteiger partial charge in [-0.2, -0.15) is 0 Å². The Morgan fingerprint density at radius 2 is 2.14 bits per heavy atom. The third-order valence-electron chi connectivity index (χ3n) is 3.71. The average Bonchev–Trinajstić information content (AvgIpc) is 3.15. The molecular weight excluding hydrogens is 350 g/mol. The molecule has 2 aromatic rings. The maximum Gasteiger partial charge on any atom is 0.371 e. The van der Waals surface area contributed by atoms with Crippen LogP contribution in [0.5, 0.6) is 0 Å². The van der Waals surface area contributed by atoms with Crippen LogP contribution in [-0.4, -0.2) is 17.0 Å². The highest BCUT2D eigenvalue weighted by molar-refractivity contribution is 9.10.